The largest absolute Gasteiger partial charge is 0.421 e. The highest BCUT2D eigenvalue weighted by Crippen LogP contribution is 2.30. The van der Waals surface area contributed by atoms with Crippen LogP contribution in [0.25, 0.3) is 11.5 Å². The van der Waals surface area contributed by atoms with Crippen LogP contribution in [0.15, 0.2) is 59.1 Å². The van der Waals surface area contributed by atoms with Crippen LogP contribution in [-0.4, -0.2) is 37.8 Å². The Balaban J connectivity index is 1.69. The second-order valence-electron chi connectivity index (χ2n) is 7.06. The molecule has 168 valence electrons. The van der Waals surface area contributed by atoms with Crippen LogP contribution < -0.4 is 16.4 Å². The van der Waals surface area contributed by atoms with E-state index in [1.54, 1.807) is 19.1 Å². The summed E-state index contributed by atoms with van der Waals surface area (Å²) >= 11 is 6.14. The van der Waals surface area contributed by atoms with Crippen LogP contribution >= 0.6 is 11.6 Å². The Bertz CT molecular complexity index is 1280. The van der Waals surface area contributed by atoms with Gasteiger partial charge < -0.3 is 25.9 Å². The predicted octanol–water partition coefficient (Wildman–Crippen LogP) is 3.48. The molecule has 4 aromatic rings. The molecule has 0 aliphatic heterocycles. The summed E-state index contributed by atoms with van der Waals surface area (Å²) in [6.45, 7) is 1.50. The van der Waals surface area contributed by atoms with Crippen molar-refractivity contribution in [3.8, 4) is 11.5 Å². The molecule has 0 unspecified atom stereocenters. The van der Waals surface area contributed by atoms with Gasteiger partial charge in [-0.15, -0.1) is 10.2 Å². The number of amides is 1. The highest BCUT2D eigenvalue weighted by Gasteiger charge is 2.19. The van der Waals surface area contributed by atoms with Crippen molar-refractivity contribution in [3.63, 3.8) is 0 Å². The molecule has 33 heavy (non-hydrogen) atoms. The number of aliphatic hydroxyl groups is 1. The van der Waals surface area contributed by atoms with E-state index in [2.05, 4.69) is 30.8 Å². The number of benzene rings is 2. The first kappa shape index (κ1) is 22.2. The van der Waals surface area contributed by atoms with Crippen molar-refractivity contribution in [2.75, 3.05) is 17.2 Å². The summed E-state index contributed by atoms with van der Waals surface area (Å²) in [5, 5.41) is 24.4. The van der Waals surface area contributed by atoms with Crippen LogP contribution in [0.5, 0.6) is 0 Å². The first-order valence-corrected chi connectivity index (χ1v) is 10.3. The van der Waals surface area contributed by atoms with Crippen molar-refractivity contribution in [1.82, 2.24) is 20.2 Å². The van der Waals surface area contributed by atoms with Crippen molar-refractivity contribution >= 4 is 35.0 Å². The van der Waals surface area contributed by atoms with E-state index in [1.165, 1.54) is 12.3 Å². The summed E-state index contributed by atoms with van der Waals surface area (Å²) < 4.78 is 5.55. The first-order valence-electron chi connectivity index (χ1n) is 9.91. The fraction of sp³-hybridized carbons (Fsp3) is 0.136. The van der Waals surface area contributed by atoms with Gasteiger partial charge in [0.25, 0.3) is 5.89 Å². The lowest BCUT2D eigenvalue weighted by atomic mass is 10.1. The molecule has 0 radical (unpaired) electrons. The minimum atomic E-state index is -0.621. The van der Waals surface area contributed by atoms with Gasteiger partial charge in [-0.1, -0.05) is 41.9 Å². The molecule has 5 N–H and O–H groups in total. The maximum absolute atomic E-state index is 11.4. The van der Waals surface area contributed by atoms with Gasteiger partial charge in [-0.3, -0.25) is 4.79 Å². The van der Waals surface area contributed by atoms with E-state index in [0.717, 1.165) is 5.56 Å². The Labute approximate surface area is 193 Å². The lowest BCUT2D eigenvalue weighted by molar-refractivity contribution is 0.100. The number of carbonyl (C=O) groups excluding carboxylic acids is 1. The maximum atomic E-state index is 11.4. The fourth-order valence-corrected chi connectivity index (χ4v) is 3.39. The van der Waals surface area contributed by atoms with E-state index in [-0.39, 0.29) is 29.0 Å². The number of hydrogen-bond donors (Lipinski definition) is 4. The molecular formula is C22H20ClN7O3. The highest BCUT2D eigenvalue weighted by atomic mass is 35.5. The number of rotatable bonds is 8. The molecule has 2 heterocycles. The zero-order valence-corrected chi connectivity index (χ0v) is 18.2. The molecule has 4 rings (SSSR count). The number of halogens is 1. The maximum Gasteiger partial charge on any atom is 0.253 e. The smallest absolute Gasteiger partial charge is 0.253 e. The van der Waals surface area contributed by atoms with E-state index in [1.807, 2.05) is 30.3 Å². The standard InChI is InChI=1S/C22H20ClN7O3/c1-12-29-30-21(33-12)16-10-25-22(26-14-7-8-15(19(24)32)17(23)9-14)28-20(16)27-18(11-31)13-5-3-2-4-6-13/h2-10,18,31H,11H2,1H3,(H2,24,32)(H2,25,26,27,28)/t18-/m1/s1. The van der Waals surface area contributed by atoms with E-state index in [4.69, 9.17) is 21.8 Å². The molecule has 10 nitrogen and oxygen atoms in total. The summed E-state index contributed by atoms with van der Waals surface area (Å²) in [4.78, 5) is 20.3. The second kappa shape index (κ2) is 9.63. The third kappa shape index (κ3) is 5.08. The molecule has 0 saturated carbocycles. The van der Waals surface area contributed by atoms with Gasteiger partial charge >= 0.3 is 0 Å². The molecule has 0 bridgehead atoms. The zero-order chi connectivity index (χ0) is 23.4. The average Bonchev–Trinajstić information content (AvgIpc) is 3.24. The average molecular weight is 466 g/mol. The number of aromatic nitrogens is 4. The summed E-state index contributed by atoms with van der Waals surface area (Å²) in [7, 11) is 0. The van der Waals surface area contributed by atoms with Gasteiger partial charge in [-0.05, 0) is 23.8 Å². The number of aliphatic hydroxyl groups excluding tert-OH is 1. The van der Waals surface area contributed by atoms with E-state index >= 15 is 0 Å². The van der Waals surface area contributed by atoms with E-state index in [0.29, 0.717) is 23.0 Å². The highest BCUT2D eigenvalue weighted by molar-refractivity contribution is 6.34. The predicted molar refractivity (Wildman–Crippen MR) is 123 cm³/mol. The van der Waals surface area contributed by atoms with Gasteiger partial charge in [0.2, 0.25) is 17.7 Å². The van der Waals surface area contributed by atoms with E-state index < -0.39 is 11.9 Å². The SMILES string of the molecule is Cc1nnc(-c2cnc(Nc3ccc(C(N)=O)c(Cl)c3)nc2N[C@H](CO)c2ccccc2)o1. The Hall–Kier alpha value is -4.02. The van der Waals surface area contributed by atoms with Gasteiger partial charge in [0.1, 0.15) is 5.82 Å². The lowest BCUT2D eigenvalue weighted by Gasteiger charge is -2.19. The molecule has 0 fully saturated rings. The third-order valence-electron chi connectivity index (χ3n) is 4.73. The van der Waals surface area contributed by atoms with Gasteiger partial charge in [0, 0.05) is 18.8 Å². The number of nitrogens with zero attached hydrogens (tertiary/aromatic N) is 4. The van der Waals surface area contributed by atoms with Crippen molar-refractivity contribution in [2.45, 2.75) is 13.0 Å². The fourth-order valence-electron chi connectivity index (χ4n) is 3.12. The van der Waals surface area contributed by atoms with Crippen LogP contribution in [0.1, 0.15) is 27.9 Å². The lowest BCUT2D eigenvalue weighted by Crippen LogP contribution is -2.17. The van der Waals surface area contributed by atoms with E-state index in [9.17, 15) is 9.90 Å². The number of nitrogens with one attached hydrogen (secondary N) is 2. The quantitative estimate of drug-likeness (QED) is 0.306. The zero-order valence-electron chi connectivity index (χ0n) is 17.5. The number of nitrogens with two attached hydrogens (primary N) is 1. The molecule has 2 aromatic heterocycles. The minimum Gasteiger partial charge on any atom is -0.421 e. The second-order valence-corrected chi connectivity index (χ2v) is 7.46. The van der Waals surface area contributed by atoms with Crippen LogP contribution in [-0.2, 0) is 0 Å². The van der Waals surface area contributed by atoms with Crippen LogP contribution in [0.2, 0.25) is 5.02 Å². The topological polar surface area (TPSA) is 152 Å². The number of anilines is 3. The molecule has 0 spiro atoms. The molecule has 1 amide bonds. The molecule has 0 aliphatic carbocycles. The van der Waals surface area contributed by atoms with Crippen LogP contribution in [0.3, 0.4) is 0 Å². The molecule has 0 aliphatic rings. The van der Waals surface area contributed by atoms with Gasteiger partial charge in [-0.25, -0.2) is 4.98 Å². The molecule has 2 aromatic carbocycles. The Morgan fingerprint density at radius 2 is 2.00 bits per heavy atom. The van der Waals surface area contributed by atoms with Crippen LogP contribution in [0, 0.1) is 6.92 Å². The summed E-state index contributed by atoms with van der Waals surface area (Å²) in [5.74, 6) is 0.623. The summed E-state index contributed by atoms with van der Waals surface area (Å²) in [6.07, 6.45) is 1.53. The number of carbonyl (C=O) groups is 1. The summed E-state index contributed by atoms with van der Waals surface area (Å²) in [5.41, 5.74) is 7.41. The van der Waals surface area contributed by atoms with Crippen LogP contribution in [0.4, 0.5) is 17.5 Å². The van der Waals surface area contributed by atoms with Gasteiger partial charge in [-0.2, -0.15) is 4.98 Å². The number of hydrogen-bond acceptors (Lipinski definition) is 9. The number of aryl methyl sites for hydroxylation is 1. The molecular weight excluding hydrogens is 446 g/mol. The first-order chi connectivity index (χ1) is 15.9. The molecule has 1 atom stereocenters. The molecule has 0 saturated heterocycles. The monoisotopic (exact) mass is 465 g/mol. The Morgan fingerprint density at radius 3 is 2.64 bits per heavy atom. The van der Waals surface area contributed by atoms with Gasteiger partial charge in [0.05, 0.1) is 28.8 Å². The number of primary amides is 1. The normalized spacial score (nSPS) is 11.7. The van der Waals surface area contributed by atoms with Crippen molar-refractivity contribution in [3.05, 3.63) is 76.8 Å². The molecule has 11 heteroatoms. The Kier molecular flexibility index (Phi) is 6.48. The Morgan fingerprint density at radius 1 is 1.21 bits per heavy atom. The van der Waals surface area contributed by atoms with Gasteiger partial charge in [0.15, 0.2) is 0 Å². The van der Waals surface area contributed by atoms with Crippen molar-refractivity contribution in [2.24, 2.45) is 5.73 Å². The minimum absolute atomic E-state index is 0.177. The summed E-state index contributed by atoms with van der Waals surface area (Å²) in [6, 6.07) is 13.7. The van der Waals surface area contributed by atoms with Crippen molar-refractivity contribution in [1.29, 1.82) is 0 Å². The van der Waals surface area contributed by atoms with Crippen molar-refractivity contribution < 1.29 is 14.3 Å². The third-order valence-corrected chi connectivity index (χ3v) is 5.04.